The number of likely N-dealkylation sites (N-methyl/N-ethyl adjacent to an activating group) is 1. The lowest BCUT2D eigenvalue weighted by atomic mass is 10.2. The van der Waals surface area contributed by atoms with Gasteiger partial charge in [-0.3, -0.25) is 4.79 Å². The first-order valence-electron chi connectivity index (χ1n) is 5.83. The number of nitrogens with one attached hydrogen (secondary N) is 2. The van der Waals surface area contributed by atoms with Gasteiger partial charge in [0, 0.05) is 18.2 Å². The van der Waals surface area contributed by atoms with E-state index in [0.717, 1.165) is 12.3 Å². The van der Waals surface area contributed by atoms with E-state index in [2.05, 4.69) is 10.6 Å². The summed E-state index contributed by atoms with van der Waals surface area (Å²) in [6.07, 6.45) is 0. The van der Waals surface area contributed by atoms with Gasteiger partial charge in [-0.2, -0.15) is 0 Å². The minimum atomic E-state index is -0.0580. The molecule has 17 heavy (non-hydrogen) atoms. The van der Waals surface area contributed by atoms with Crippen LogP contribution in [-0.4, -0.2) is 32.1 Å². The van der Waals surface area contributed by atoms with Gasteiger partial charge in [-0.15, -0.1) is 0 Å². The molecule has 1 atom stereocenters. The second kappa shape index (κ2) is 6.91. The van der Waals surface area contributed by atoms with Crippen LogP contribution in [0.2, 0.25) is 0 Å². The number of amides is 1. The predicted octanol–water partition coefficient (Wildman–Crippen LogP) is 1.42. The summed E-state index contributed by atoms with van der Waals surface area (Å²) < 4.78 is 5.04. The summed E-state index contributed by atoms with van der Waals surface area (Å²) in [4.78, 5) is 11.8. The fourth-order valence-corrected chi connectivity index (χ4v) is 1.51. The zero-order valence-electron chi connectivity index (χ0n) is 10.6. The molecule has 0 saturated carbocycles. The Morgan fingerprint density at radius 1 is 1.35 bits per heavy atom. The van der Waals surface area contributed by atoms with E-state index in [9.17, 15) is 4.79 Å². The number of benzene rings is 1. The molecule has 4 heteroatoms. The maximum Gasteiger partial charge on any atom is 0.251 e. The van der Waals surface area contributed by atoms with Crippen LogP contribution in [0.3, 0.4) is 0 Å². The third-order valence-electron chi connectivity index (χ3n) is 2.47. The van der Waals surface area contributed by atoms with Crippen LogP contribution in [0.5, 0.6) is 5.75 Å². The molecule has 0 radical (unpaired) electrons. The molecular weight excluding hydrogens is 216 g/mol. The Kier molecular flexibility index (Phi) is 5.49. The fraction of sp³-hybridized carbons (Fsp3) is 0.462. The van der Waals surface area contributed by atoms with Gasteiger partial charge >= 0.3 is 0 Å². The van der Waals surface area contributed by atoms with Crippen LogP contribution in [0.25, 0.3) is 0 Å². The molecule has 1 amide bonds. The lowest BCUT2D eigenvalue weighted by molar-refractivity contribution is 0.0950. The third-order valence-corrected chi connectivity index (χ3v) is 2.47. The molecule has 0 aliphatic carbocycles. The quantitative estimate of drug-likeness (QED) is 0.785. The van der Waals surface area contributed by atoms with Crippen LogP contribution in [0.1, 0.15) is 24.2 Å². The number of methoxy groups -OCH3 is 1. The van der Waals surface area contributed by atoms with Crippen molar-refractivity contribution < 1.29 is 9.53 Å². The van der Waals surface area contributed by atoms with E-state index in [-0.39, 0.29) is 11.9 Å². The third kappa shape index (κ3) is 4.44. The van der Waals surface area contributed by atoms with Crippen molar-refractivity contribution in [3.8, 4) is 5.75 Å². The summed E-state index contributed by atoms with van der Waals surface area (Å²) in [5, 5.41) is 6.11. The van der Waals surface area contributed by atoms with Crippen molar-refractivity contribution in [2.24, 2.45) is 0 Å². The molecule has 0 aliphatic heterocycles. The molecule has 0 aliphatic rings. The molecule has 1 rings (SSSR count). The number of ether oxygens (including phenoxy) is 1. The Morgan fingerprint density at radius 2 is 2.00 bits per heavy atom. The van der Waals surface area contributed by atoms with Gasteiger partial charge in [0.15, 0.2) is 0 Å². The maximum absolute atomic E-state index is 11.8. The van der Waals surface area contributed by atoms with Gasteiger partial charge in [-0.25, -0.2) is 0 Å². The molecule has 4 nitrogen and oxygen atoms in total. The molecular formula is C13H20N2O2. The zero-order valence-corrected chi connectivity index (χ0v) is 10.6. The minimum Gasteiger partial charge on any atom is -0.497 e. The maximum atomic E-state index is 11.8. The highest BCUT2D eigenvalue weighted by atomic mass is 16.5. The van der Waals surface area contributed by atoms with E-state index in [4.69, 9.17) is 4.74 Å². The van der Waals surface area contributed by atoms with E-state index < -0.39 is 0 Å². The SMILES string of the molecule is CCN[C@H](C)CNC(=O)c1ccc(OC)cc1. The summed E-state index contributed by atoms with van der Waals surface area (Å²) in [5.74, 6) is 0.694. The van der Waals surface area contributed by atoms with E-state index in [1.165, 1.54) is 0 Å². The summed E-state index contributed by atoms with van der Waals surface area (Å²) >= 11 is 0. The highest BCUT2D eigenvalue weighted by Crippen LogP contribution is 2.10. The lowest BCUT2D eigenvalue weighted by Gasteiger charge is -2.13. The van der Waals surface area contributed by atoms with Crippen LogP contribution in [0.4, 0.5) is 0 Å². The van der Waals surface area contributed by atoms with E-state index >= 15 is 0 Å². The number of hydrogen-bond donors (Lipinski definition) is 2. The van der Waals surface area contributed by atoms with Gasteiger partial charge in [-0.1, -0.05) is 6.92 Å². The zero-order chi connectivity index (χ0) is 12.7. The van der Waals surface area contributed by atoms with Crippen molar-refractivity contribution in [2.45, 2.75) is 19.9 Å². The summed E-state index contributed by atoms with van der Waals surface area (Å²) in [5.41, 5.74) is 0.648. The number of carbonyl (C=O) groups is 1. The standard InChI is InChI=1S/C13H20N2O2/c1-4-14-10(2)9-15-13(16)11-5-7-12(17-3)8-6-11/h5-8,10,14H,4,9H2,1-3H3,(H,15,16)/t10-/m1/s1. The number of rotatable bonds is 6. The second-order valence-corrected chi connectivity index (χ2v) is 3.90. The number of carbonyl (C=O) groups excluding carboxylic acids is 1. The molecule has 0 saturated heterocycles. The molecule has 1 aromatic rings. The normalized spacial score (nSPS) is 11.9. The average molecular weight is 236 g/mol. The van der Waals surface area contributed by atoms with Crippen LogP contribution < -0.4 is 15.4 Å². The van der Waals surface area contributed by atoms with Crippen LogP contribution in [0, 0.1) is 0 Å². The van der Waals surface area contributed by atoms with Crippen LogP contribution in [0.15, 0.2) is 24.3 Å². The van der Waals surface area contributed by atoms with Gasteiger partial charge in [0.25, 0.3) is 5.91 Å². The van der Waals surface area contributed by atoms with Crippen LogP contribution >= 0.6 is 0 Å². The Balaban J connectivity index is 2.46. The monoisotopic (exact) mass is 236 g/mol. The predicted molar refractivity (Wildman–Crippen MR) is 68.5 cm³/mol. The molecule has 0 unspecified atom stereocenters. The summed E-state index contributed by atoms with van der Waals surface area (Å²) in [6.45, 7) is 5.61. The topological polar surface area (TPSA) is 50.4 Å². The van der Waals surface area contributed by atoms with E-state index in [1.807, 2.05) is 13.8 Å². The smallest absolute Gasteiger partial charge is 0.251 e. The number of hydrogen-bond acceptors (Lipinski definition) is 3. The molecule has 94 valence electrons. The molecule has 0 aromatic heterocycles. The van der Waals surface area contributed by atoms with E-state index in [0.29, 0.717) is 12.1 Å². The Bertz CT molecular complexity index is 349. The van der Waals surface area contributed by atoms with Gasteiger partial charge in [0.1, 0.15) is 5.75 Å². The van der Waals surface area contributed by atoms with Crippen molar-refractivity contribution in [1.82, 2.24) is 10.6 Å². The highest BCUT2D eigenvalue weighted by molar-refractivity contribution is 5.94. The van der Waals surface area contributed by atoms with Crippen molar-refractivity contribution in [2.75, 3.05) is 20.2 Å². The van der Waals surface area contributed by atoms with Gasteiger partial charge in [0.05, 0.1) is 7.11 Å². The molecule has 1 aromatic carbocycles. The summed E-state index contributed by atoms with van der Waals surface area (Å²) in [7, 11) is 1.60. The van der Waals surface area contributed by atoms with Crippen molar-refractivity contribution >= 4 is 5.91 Å². The molecule has 0 bridgehead atoms. The molecule has 0 heterocycles. The largest absolute Gasteiger partial charge is 0.497 e. The van der Waals surface area contributed by atoms with Crippen molar-refractivity contribution in [1.29, 1.82) is 0 Å². The Hall–Kier alpha value is -1.55. The van der Waals surface area contributed by atoms with E-state index in [1.54, 1.807) is 31.4 Å². The minimum absolute atomic E-state index is 0.0580. The lowest BCUT2D eigenvalue weighted by Crippen LogP contribution is -2.38. The molecule has 0 fully saturated rings. The van der Waals surface area contributed by atoms with Crippen molar-refractivity contribution in [3.63, 3.8) is 0 Å². The Morgan fingerprint density at radius 3 is 2.53 bits per heavy atom. The second-order valence-electron chi connectivity index (χ2n) is 3.90. The summed E-state index contributed by atoms with van der Waals surface area (Å²) in [6, 6.07) is 7.35. The first-order chi connectivity index (χ1) is 8.17. The fourth-order valence-electron chi connectivity index (χ4n) is 1.51. The first kappa shape index (κ1) is 13.5. The average Bonchev–Trinajstić information content (AvgIpc) is 2.36. The van der Waals surface area contributed by atoms with Gasteiger partial charge in [0.2, 0.25) is 0 Å². The molecule has 0 spiro atoms. The van der Waals surface area contributed by atoms with Gasteiger partial charge in [-0.05, 0) is 37.7 Å². The van der Waals surface area contributed by atoms with Crippen molar-refractivity contribution in [3.05, 3.63) is 29.8 Å². The highest BCUT2D eigenvalue weighted by Gasteiger charge is 2.06. The first-order valence-corrected chi connectivity index (χ1v) is 5.83. The van der Waals surface area contributed by atoms with Gasteiger partial charge < -0.3 is 15.4 Å². The molecule has 2 N–H and O–H groups in total. The Labute approximate surface area is 102 Å². The van der Waals surface area contributed by atoms with Crippen LogP contribution in [-0.2, 0) is 0 Å².